The summed E-state index contributed by atoms with van der Waals surface area (Å²) in [6.45, 7) is 0.598. The van der Waals surface area contributed by atoms with E-state index in [1.807, 2.05) is 6.07 Å². The maximum absolute atomic E-state index is 5.56. The Morgan fingerprint density at radius 2 is 1.15 bits per heavy atom. The van der Waals surface area contributed by atoms with Gasteiger partial charge in [-0.25, -0.2) is 0 Å². The first kappa shape index (κ1) is 12.9. The average molecular weight is 343 g/mol. The monoisotopic (exact) mass is 343 g/mol. The van der Waals surface area contributed by atoms with Crippen LogP contribution in [0.4, 0.5) is 0 Å². The van der Waals surface area contributed by atoms with Crippen LogP contribution < -0.4 is 18.9 Å². The van der Waals surface area contributed by atoms with Crippen molar-refractivity contribution >= 4 is 21.8 Å². The first-order chi connectivity index (χ1) is 12.8. The number of fused-ring (bicyclic) bond motifs is 8. The zero-order valence-corrected chi connectivity index (χ0v) is 13.7. The standard InChI is InChI=1S/C21H13NO4/c1-10-2-14-15-6-20-21(26-9-25-20)7-17(15)22-16(14)4-12(10)13-5-19-18(3-11(1)13)23-8-24-19/h2-7,22H,1,8-9H2. The summed E-state index contributed by atoms with van der Waals surface area (Å²) in [4.78, 5) is 3.53. The van der Waals surface area contributed by atoms with E-state index < -0.39 is 0 Å². The van der Waals surface area contributed by atoms with Crippen LogP contribution in [0.1, 0.15) is 11.1 Å². The Kier molecular flexibility index (Phi) is 2.11. The van der Waals surface area contributed by atoms with E-state index in [0.717, 1.165) is 45.8 Å². The van der Waals surface area contributed by atoms with Gasteiger partial charge in [0.2, 0.25) is 13.6 Å². The minimum absolute atomic E-state index is 0.291. The lowest BCUT2D eigenvalue weighted by Gasteiger charge is -2.03. The number of aromatic nitrogens is 1. The molecule has 0 saturated carbocycles. The van der Waals surface area contributed by atoms with Crippen molar-refractivity contribution in [2.75, 3.05) is 13.6 Å². The fraction of sp³-hybridized carbons (Fsp3) is 0.143. The molecule has 5 nitrogen and oxygen atoms in total. The predicted octanol–water partition coefficient (Wildman–Crippen LogP) is 4.35. The molecule has 3 heterocycles. The number of H-pyrrole nitrogens is 1. The van der Waals surface area contributed by atoms with E-state index >= 15 is 0 Å². The molecule has 126 valence electrons. The molecule has 0 atom stereocenters. The molecule has 2 aliphatic heterocycles. The Bertz CT molecular complexity index is 1270. The largest absolute Gasteiger partial charge is 0.454 e. The van der Waals surface area contributed by atoms with E-state index in [9.17, 15) is 0 Å². The summed E-state index contributed by atoms with van der Waals surface area (Å²) >= 11 is 0. The molecule has 0 fully saturated rings. The maximum Gasteiger partial charge on any atom is 0.231 e. The summed E-state index contributed by atoms with van der Waals surface area (Å²) in [5, 5.41) is 2.38. The Morgan fingerprint density at radius 3 is 2.00 bits per heavy atom. The highest BCUT2D eigenvalue weighted by atomic mass is 16.7. The molecule has 1 aromatic heterocycles. The third kappa shape index (κ3) is 1.51. The average Bonchev–Trinajstić information content (AvgIpc) is 3.40. The predicted molar refractivity (Wildman–Crippen MR) is 96.3 cm³/mol. The number of rotatable bonds is 0. The second-order valence-corrected chi connectivity index (χ2v) is 6.97. The van der Waals surface area contributed by atoms with Gasteiger partial charge >= 0.3 is 0 Å². The van der Waals surface area contributed by atoms with Gasteiger partial charge in [0.25, 0.3) is 0 Å². The first-order valence-corrected chi connectivity index (χ1v) is 8.64. The highest BCUT2D eigenvalue weighted by molar-refractivity contribution is 6.10. The van der Waals surface area contributed by atoms with Crippen molar-refractivity contribution in [3.8, 4) is 34.1 Å². The molecule has 0 amide bonds. The van der Waals surface area contributed by atoms with Gasteiger partial charge in [-0.3, -0.25) is 0 Å². The molecule has 0 unspecified atom stereocenters. The molecular weight excluding hydrogens is 330 g/mol. The van der Waals surface area contributed by atoms with Crippen molar-refractivity contribution in [2.45, 2.75) is 6.42 Å². The summed E-state index contributed by atoms with van der Waals surface area (Å²) in [6, 6.07) is 12.8. The zero-order valence-electron chi connectivity index (χ0n) is 13.7. The second kappa shape index (κ2) is 4.25. The number of hydrogen-bond acceptors (Lipinski definition) is 4. The molecule has 1 N–H and O–H groups in total. The van der Waals surface area contributed by atoms with Crippen molar-refractivity contribution in [1.29, 1.82) is 0 Å². The molecule has 3 aromatic carbocycles. The van der Waals surface area contributed by atoms with E-state index in [1.54, 1.807) is 0 Å². The quantitative estimate of drug-likeness (QED) is 0.454. The molecule has 3 aliphatic rings. The number of benzene rings is 3. The fourth-order valence-corrected chi connectivity index (χ4v) is 4.37. The van der Waals surface area contributed by atoms with Gasteiger partial charge in [-0.05, 0) is 59.0 Å². The van der Waals surface area contributed by atoms with Crippen LogP contribution in [0.25, 0.3) is 32.9 Å². The van der Waals surface area contributed by atoms with Gasteiger partial charge in [-0.2, -0.15) is 0 Å². The Morgan fingerprint density at radius 1 is 0.577 bits per heavy atom. The summed E-state index contributed by atoms with van der Waals surface area (Å²) in [5.41, 5.74) is 7.30. The number of nitrogens with one attached hydrogen (secondary N) is 1. The topological polar surface area (TPSA) is 52.7 Å². The minimum Gasteiger partial charge on any atom is -0.454 e. The van der Waals surface area contributed by atoms with Gasteiger partial charge in [0.1, 0.15) is 0 Å². The smallest absolute Gasteiger partial charge is 0.231 e. The lowest BCUT2D eigenvalue weighted by molar-refractivity contribution is 0.173. The van der Waals surface area contributed by atoms with Crippen LogP contribution in [0.2, 0.25) is 0 Å². The summed E-state index contributed by atoms with van der Waals surface area (Å²) in [6.07, 6.45) is 0.911. The normalized spacial score (nSPS) is 15.7. The second-order valence-electron chi connectivity index (χ2n) is 6.97. The molecule has 0 spiro atoms. The molecule has 7 rings (SSSR count). The van der Waals surface area contributed by atoms with Crippen LogP contribution in [0.5, 0.6) is 23.0 Å². The third-order valence-electron chi connectivity index (χ3n) is 5.59. The summed E-state index contributed by atoms with van der Waals surface area (Å²) in [7, 11) is 0. The highest BCUT2D eigenvalue weighted by Crippen LogP contribution is 2.47. The molecule has 26 heavy (non-hydrogen) atoms. The summed E-state index contributed by atoms with van der Waals surface area (Å²) in [5.74, 6) is 3.29. The van der Waals surface area contributed by atoms with E-state index in [0.29, 0.717) is 13.6 Å². The molecule has 0 radical (unpaired) electrons. The Labute approximate surface area is 148 Å². The first-order valence-electron chi connectivity index (χ1n) is 8.64. The van der Waals surface area contributed by atoms with Crippen molar-refractivity contribution in [3.63, 3.8) is 0 Å². The van der Waals surface area contributed by atoms with Crippen molar-refractivity contribution in [3.05, 3.63) is 47.5 Å². The lowest BCUT2D eigenvalue weighted by atomic mass is 10.0. The van der Waals surface area contributed by atoms with Crippen molar-refractivity contribution in [1.82, 2.24) is 4.98 Å². The van der Waals surface area contributed by atoms with E-state index in [1.165, 1.54) is 27.6 Å². The Balaban J connectivity index is 1.49. The maximum atomic E-state index is 5.56. The molecule has 0 saturated heterocycles. The molecule has 5 heteroatoms. The van der Waals surface area contributed by atoms with Crippen molar-refractivity contribution < 1.29 is 18.9 Å². The van der Waals surface area contributed by atoms with Crippen LogP contribution in [0, 0.1) is 0 Å². The Hall–Kier alpha value is -3.34. The van der Waals surface area contributed by atoms with Gasteiger partial charge in [0.05, 0.1) is 5.52 Å². The SMILES string of the molecule is c1c2c(cc3c1OCO3)-c1cc3[nH]c4cc5c(cc4c3cc1C2)OCO5. The van der Waals surface area contributed by atoms with Crippen LogP contribution >= 0.6 is 0 Å². The molecule has 0 bridgehead atoms. The third-order valence-corrected chi connectivity index (χ3v) is 5.59. The van der Waals surface area contributed by atoms with E-state index in [2.05, 4.69) is 35.3 Å². The highest BCUT2D eigenvalue weighted by Gasteiger charge is 2.25. The number of hydrogen-bond donors (Lipinski definition) is 1. The number of ether oxygens (including phenoxy) is 4. The molecule has 1 aliphatic carbocycles. The molecular formula is C21H13NO4. The van der Waals surface area contributed by atoms with Crippen LogP contribution in [-0.4, -0.2) is 18.6 Å². The minimum atomic E-state index is 0.291. The van der Waals surface area contributed by atoms with Crippen molar-refractivity contribution in [2.24, 2.45) is 0 Å². The lowest BCUT2D eigenvalue weighted by Crippen LogP contribution is -1.93. The fourth-order valence-electron chi connectivity index (χ4n) is 4.37. The van der Waals surface area contributed by atoms with Gasteiger partial charge in [-0.1, -0.05) is 0 Å². The van der Waals surface area contributed by atoms with Gasteiger partial charge in [-0.15, -0.1) is 0 Å². The summed E-state index contributed by atoms with van der Waals surface area (Å²) < 4.78 is 22.1. The van der Waals surface area contributed by atoms with Gasteiger partial charge < -0.3 is 23.9 Å². The van der Waals surface area contributed by atoms with Gasteiger partial charge in [0, 0.05) is 22.4 Å². The van der Waals surface area contributed by atoms with Crippen LogP contribution in [0.3, 0.4) is 0 Å². The van der Waals surface area contributed by atoms with Gasteiger partial charge in [0.15, 0.2) is 23.0 Å². The van der Waals surface area contributed by atoms with E-state index in [4.69, 9.17) is 18.9 Å². The molecule has 4 aromatic rings. The number of aromatic amines is 1. The van der Waals surface area contributed by atoms with Crippen LogP contribution in [0.15, 0.2) is 36.4 Å². The zero-order chi connectivity index (χ0) is 16.8. The van der Waals surface area contributed by atoms with E-state index in [-0.39, 0.29) is 0 Å². The van der Waals surface area contributed by atoms with Crippen LogP contribution in [-0.2, 0) is 6.42 Å².